The van der Waals surface area contributed by atoms with Gasteiger partial charge in [-0.2, -0.15) is 0 Å². The first-order valence-corrected chi connectivity index (χ1v) is 17.0. The van der Waals surface area contributed by atoms with E-state index in [4.69, 9.17) is 9.47 Å². The molecule has 0 aliphatic rings. The smallest absolute Gasteiger partial charge is 0.407 e. The van der Waals surface area contributed by atoms with Crippen molar-refractivity contribution in [3.63, 3.8) is 0 Å². The van der Waals surface area contributed by atoms with Crippen LogP contribution in [0.3, 0.4) is 0 Å². The number of halogens is 1. The first-order valence-electron chi connectivity index (χ1n) is 15.3. The predicted octanol–water partition coefficient (Wildman–Crippen LogP) is 3.01. The van der Waals surface area contributed by atoms with Crippen molar-refractivity contribution in [2.75, 3.05) is 60.2 Å². The van der Waals surface area contributed by atoms with Gasteiger partial charge < -0.3 is 31.7 Å². The zero-order valence-electron chi connectivity index (χ0n) is 25.9. The molecule has 0 bridgehead atoms. The predicted molar refractivity (Wildman–Crippen MR) is 159 cm³/mol. The van der Waals surface area contributed by atoms with E-state index in [0.717, 1.165) is 23.9 Å². The molecule has 1 amide bonds. The lowest BCUT2D eigenvalue weighted by Crippen LogP contribution is -3.00. The number of alkyl carbamates (subject to hydrolysis) is 1. The highest BCUT2D eigenvalue weighted by molar-refractivity contribution is 7.89. The van der Waals surface area contributed by atoms with Crippen molar-refractivity contribution in [1.82, 2.24) is 10.0 Å². The van der Waals surface area contributed by atoms with Crippen LogP contribution < -0.4 is 22.4 Å². The maximum absolute atomic E-state index is 12.2. The Morgan fingerprint density at radius 2 is 1.23 bits per heavy atom. The van der Waals surface area contributed by atoms with Crippen LogP contribution in [0.25, 0.3) is 0 Å². The molecule has 0 heterocycles. The first kappa shape index (κ1) is 40.5. The normalized spacial score (nSPS) is 12.6. The van der Waals surface area contributed by atoms with E-state index >= 15 is 0 Å². The summed E-state index contributed by atoms with van der Waals surface area (Å²) in [5.41, 5.74) is 0. The summed E-state index contributed by atoms with van der Waals surface area (Å²) >= 11 is 0. The molecule has 0 fully saturated rings. The Bertz CT molecular complexity index is 660. The molecule has 1 unspecified atom stereocenters. The zero-order valence-corrected chi connectivity index (χ0v) is 27.5. The summed E-state index contributed by atoms with van der Waals surface area (Å²) in [6, 6.07) is 0. The molecule has 0 aromatic carbocycles. The fourth-order valence-electron chi connectivity index (χ4n) is 4.31. The number of rotatable bonds is 27. The number of ether oxygens (including phenoxy) is 2. The molecule has 1 atom stereocenters. The molecule has 0 aliphatic carbocycles. The van der Waals surface area contributed by atoms with Gasteiger partial charge in [0.25, 0.3) is 0 Å². The van der Waals surface area contributed by atoms with Gasteiger partial charge in [-0.15, -0.1) is 0 Å². The third kappa shape index (κ3) is 30.2. The molecule has 0 radical (unpaired) electrons. The number of amides is 1. The molecule has 236 valence electrons. The Labute approximate surface area is 247 Å². The number of quaternary nitrogens is 1. The van der Waals surface area contributed by atoms with Crippen LogP contribution in [0.15, 0.2) is 0 Å². The van der Waals surface area contributed by atoms with E-state index in [1.807, 2.05) is 21.1 Å². The highest BCUT2D eigenvalue weighted by atomic mass is 35.5. The number of carbonyl (C=O) groups is 1. The third-order valence-corrected chi connectivity index (χ3v) is 8.24. The summed E-state index contributed by atoms with van der Waals surface area (Å²) in [7, 11) is 4.19. The van der Waals surface area contributed by atoms with Gasteiger partial charge in [-0.25, -0.2) is 17.9 Å². The summed E-state index contributed by atoms with van der Waals surface area (Å²) in [4.78, 5) is 11.9. The van der Waals surface area contributed by atoms with Crippen molar-refractivity contribution in [2.45, 2.75) is 122 Å². The SMILES string of the molecule is CCCCCCCCCCCCCCCCCCNC(=O)OCC(CNS(=O)(=O)CCC[N+](C)(C)C)OC.[Cl-]. The van der Waals surface area contributed by atoms with Gasteiger partial charge in [0, 0.05) is 26.6 Å². The van der Waals surface area contributed by atoms with Crippen LogP contribution in [0.4, 0.5) is 4.79 Å². The maximum atomic E-state index is 12.2. The van der Waals surface area contributed by atoms with Crippen LogP contribution in [0.2, 0.25) is 0 Å². The Hall–Kier alpha value is -0.610. The number of unbranched alkanes of at least 4 members (excludes halogenated alkanes) is 15. The number of hydrogen-bond acceptors (Lipinski definition) is 5. The van der Waals surface area contributed by atoms with Gasteiger partial charge in [0.15, 0.2) is 0 Å². The molecule has 0 rings (SSSR count). The summed E-state index contributed by atoms with van der Waals surface area (Å²) in [5.74, 6) is 0.0691. The van der Waals surface area contributed by atoms with E-state index in [-0.39, 0.29) is 31.3 Å². The van der Waals surface area contributed by atoms with Crippen LogP contribution in [-0.4, -0.2) is 85.3 Å². The minimum Gasteiger partial charge on any atom is -1.00 e. The van der Waals surface area contributed by atoms with Crippen molar-refractivity contribution in [2.24, 2.45) is 0 Å². The van der Waals surface area contributed by atoms with Crippen LogP contribution >= 0.6 is 0 Å². The van der Waals surface area contributed by atoms with Crippen LogP contribution in [0.5, 0.6) is 0 Å². The quantitative estimate of drug-likeness (QED) is 0.112. The molecule has 8 nitrogen and oxygen atoms in total. The number of nitrogens with one attached hydrogen (secondary N) is 2. The summed E-state index contributed by atoms with van der Waals surface area (Å²) < 4.78 is 38.1. The minimum absolute atomic E-state index is 0. The topological polar surface area (TPSA) is 93.7 Å². The van der Waals surface area contributed by atoms with Crippen LogP contribution in [0, 0.1) is 0 Å². The minimum atomic E-state index is -3.38. The summed E-state index contributed by atoms with van der Waals surface area (Å²) in [6.07, 6.45) is 20.7. The number of nitrogens with zero attached hydrogens (tertiary/aromatic N) is 1. The highest BCUT2D eigenvalue weighted by Gasteiger charge is 2.17. The molecule has 0 saturated carbocycles. The average Bonchev–Trinajstić information content (AvgIpc) is 2.85. The van der Waals surface area contributed by atoms with Crippen molar-refractivity contribution >= 4 is 16.1 Å². The van der Waals surface area contributed by atoms with E-state index in [1.165, 1.54) is 97.0 Å². The zero-order chi connectivity index (χ0) is 28.5. The van der Waals surface area contributed by atoms with Crippen LogP contribution in [-0.2, 0) is 19.5 Å². The number of methoxy groups -OCH3 is 1. The number of sulfonamides is 1. The van der Waals surface area contributed by atoms with Gasteiger partial charge in [0.2, 0.25) is 10.0 Å². The van der Waals surface area contributed by atoms with Gasteiger partial charge in [0.1, 0.15) is 12.7 Å². The number of hydrogen-bond donors (Lipinski definition) is 2. The second kappa shape index (κ2) is 26.3. The molecule has 10 heteroatoms. The third-order valence-electron chi connectivity index (χ3n) is 6.81. The highest BCUT2D eigenvalue weighted by Crippen LogP contribution is 2.13. The molecular weight excluding hydrogens is 538 g/mol. The Balaban J connectivity index is 0. The van der Waals surface area contributed by atoms with Gasteiger partial charge in [0.05, 0.1) is 33.4 Å². The Kier molecular flexibility index (Phi) is 27.3. The molecule has 2 N–H and O–H groups in total. The lowest BCUT2D eigenvalue weighted by molar-refractivity contribution is -0.870. The molecular formula is C29H62ClN3O5S. The van der Waals surface area contributed by atoms with E-state index in [1.54, 1.807) is 0 Å². The lowest BCUT2D eigenvalue weighted by atomic mass is 10.0. The Morgan fingerprint density at radius 3 is 1.67 bits per heavy atom. The summed E-state index contributed by atoms with van der Waals surface area (Å²) in [6.45, 7) is 3.72. The van der Waals surface area contributed by atoms with Crippen molar-refractivity contribution in [3.05, 3.63) is 0 Å². The lowest BCUT2D eigenvalue weighted by Gasteiger charge is -2.23. The van der Waals surface area contributed by atoms with Crippen molar-refractivity contribution in [3.8, 4) is 0 Å². The fraction of sp³-hybridized carbons (Fsp3) is 0.966. The van der Waals surface area contributed by atoms with E-state index in [2.05, 4.69) is 17.0 Å². The maximum Gasteiger partial charge on any atom is 0.407 e. The fourth-order valence-corrected chi connectivity index (χ4v) is 5.41. The van der Waals surface area contributed by atoms with Crippen molar-refractivity contribution < 1.29 is 39.6 Å². The second-order valence-electron chi connectivity index (χ2n) is 11.7. The molecule has 0 aromatic rings. The molecule has 0 spiro atoms. The van der Waals surface area contributed by atoms with Gasteiger partial charge in [-0.05, 0) is 6.42 Å². The Morgan fingerprint density at radius 1 is 0.769 bits per heavy atom. The van der Waals surface area contributed by atoms with Gasteiger partial charge in [-0.3, -0.25) is 0 Å². The largest absolute Gasteiger partial charge is 1.00 e. The molecule has 0 saturated heterocycles. The monoisotopic (exact) mass is 599 g/mol. The number of carbonyl (C=O) groups excluding carboxylic acids is 1. The second-order valence-corrected chi connectivity index (χ2v) is 13.6. The van der Waals surface area contributed by atoms with Gasteiger partial charge in [-0.1, -0.05) is 103 Å². The molecule has 0 aliphatic heterocycles. The molecule has 0 aromatic heterocycles. The van der Waals surface area contributed by atoms with Gasteiger partial charge >= 0.3 is 6.09 Å². The standard InChI is InChI=1S/C29H61N3O5S.ClH/c1-6-7-8-9-10-11-12-13-14-15-16-17-18-19-20-21-23-30-29(33)37-27-28(36-5)26-31-38(34,35)25-22-24-32(2,3)4;/h28,31H,6-27H2,1-5H3;1H. The van der Waals surface area contributed by atoms with E-state index < -0.39 is 22.2 Å². The van der Waals surface area contributed by atoms with E-state index in [0.29, 0.717) is 13.0 Å². The summed E-state index contributed by atoms with van der Waals surface area (Å²) in [5, 5.41) is 2.77. The average molecular weight is 600 g/mol. The molecule has 39 heavy (non-hydrogen) atoms. The first-order chi connectivity index (χ1) is 18.1. The van der Waals surface area contributed by atoms with E-state index in [9.17, 15) is 13.2 Å². The van der Waals surface area contributed by atoms with Crippen molar-refractivity contribution in [1.29, 1.82) is 0 Å². The van der Waals surface area contributed by atoms with Crippen LogP contribution in [0.1, 0.15) is 116 Å².